The summed E-state index contributed by atoms with van der Waals surface area (Å²) in [5, 5.41) is 0. The summed E-state index contributed by atoms with van der Waals surface area (Å²) in [6.45, 7) is 0.294. The average molecular weight is 394 g/mol. The second-order valence-corrected chi connectivity index (χ2v) is 7.10. The number of likely N-dealkylation sites (tertiary alicyclic amines) is 1. The number of imide groups is 1. The Morgan fingerprint density at radius 2 is 1.72 bits per heavy atom. The first-order chi connectivity index (χ1) is 14.0. The van der Waals surface area contributed by atoms with Crippen molar-refractivity contribution in [2.75, 3.05) is 27.3 Å². The lowest BCUT2D eigenvalue weighted by atomic mass is 10.0. The summed E-state index contributed by atoms with van der Waals surface area (Å²) in [6, 6.07) is 11.9. The van der Waals surface area contributed by atoms with Crippen LogP contribution in [-0.4, -0.2) is 54.8 Å². The summed E-state index contributed by atoms with van der Waals surface area (Å²) in [5.74, 6) is 0.255. The lowest BCUT2D eigenvalue weighted by molar-refractivity contribution is -0.132. The predicted molar refractivity (Wildman–Crippen MR) is 105 cm³/mol. The van der Waals surface area contributed by atoms with E-state index in [1.807, 2.05) is 18.2 Å². The van der Waals surface area contributed by atoms with Crippen LogP contribution in [0.4, 0.5) is 0 Å². The molecule has 2 aliphatic heterocycles. The molecule has 4 rings (SSSR count). The monoisotopic (exact) mass is 394 g/mol. The van der Waals surface area contributed by atoms with Crippen LogP contribution < -0.4 is 9.47 Å². The number of hydrogen-bond acceptors (Lipinski definition) is 5. The Labute approximate surface area is 168 Å². The van der Waals surface area contributed by atoms with Crippen molar-refractivity contribution in [2.24, 2.45) is 0 Å². The molecule has 1 saturated heterocycles. The maximum absolute atomic E-state index is 13.1. The minimum atomic E-state index is -0.423. The molecule has 3 amide bonds. The van der Waals surface area contributed by atoms with Crippen LogP contribution >= 0.6 is 0 Å². The number of carbonyl (C=O) groups is 3. The number of rotatable bonds is 5. The van der Waals surface area contributed by atoms with Gasteiger partial charge in [0.1, 0.15) is 18.0 Å². The Morgan fingerprint density at radius 1 is 1.03 bits per heavy atom. The van der Waals surface area contributed by atoms with Crippen LogP contribution in [-0.2, 0) is 4.79 Å². The molecule has 2 heterocycles. The average Bonchev–Trinajstić information content (AvgIpc) is 3.33. The van der Waals surface area contributed by atoms with Gasteiger partial charge in [-0.25, -0.2) is 0 Å². The standard InChI is InChI=1S/C22H22N2O5/c1-28-14-9-10-19(29-2)17(12-14)18-8-5-11-23(18)20(25)13-24-21(26)15-6-3-4-7-16(15)22(24)27/h3-4,6-7,9-10,12,18H,5,8,11,13H2,1-2H3/t18-/m1/s1. The predicted octanol–water partition coefficient (Wildman–Crippen LogP) is 2.66. The smallest absolute Gasteiger partial charge is 0.262 e. The van der Waals surface area contributed by atoms with Gasteiger partial charge in [0.05, 0.1) is 31.4 Å². The summed E-state index contributed by atoms with van der Waals surface area (Å²) >= 11 is 0. The SMILES string of the molecule is COc1ccc(OC)c([C@H]2CCCN2C(=O)CN2C(=O)c3ccccc3C2=O)c1. The van der Waals surface area contributed by atoms with Crippen LogP contribution in [0.25, 0.3) is 0 Å². The molecule has 150 valence electrons. The number of carbonyl (C=O) groups excluding carboxylic acids is 3. The fourth-order valence-corrected chi connectivity index (χ4v) is 4.10. The van der Waals surface area contributed by atoms with Gasteiger partial charge in [0.2, 0.25) is 5.91 Å². The first-order valence-corrected chi connectivity index (χ1v) is 9.51. The van der Waals surface area contributed by atoms with Crippen molar-refractivity contribution in [3.8, 4) is 11.5 Å². The molecule has 2 aliphatic rings. The van der Waals surface area contributed by atoms with Crippen molar-refractivity contribution in [3.05, 3.63) is 59.2 Å². The highest BCUT2D eigenvalue weighted by atomic mass is 16.5. The third-order valence-corrected chi connectivity index (χ3v) is 5.54. The Hall–Kier alpha value is -3.35. The van der Waals surface area contributed by atoms with E-state index in [1.165, 1.54) is 0 Å². The first kappa shape index (κ1) is 19.0. The van der Waals surface area contributed by atoms with Gasteiger partial charge in [-0.15, -0.1) is 0 Å². The van der Waals surface area contributed by atoms with Crippen molar-refractivity contribution in [2.45, 2.75) is 18.9 Å². The Kier molecular flexibility index (Phi) is 4.96. The van der Waals surface area contributed by atoms with Crippen LogP contribution in [0.15, 0.2) is 42.5 Å². The van der Waals surface area contributed by atoms with E-state index in [0.29, 0.717) is 29.2 Å². The molecule has 1 fully saturated rings. The van der Waals surface area contributed by atoms with Crippen LogP contribution in [0.3, 0.4) is 0 Å². The number of fused-ring (bicyclic) bond motifs is 1. The van der Waals surface area contributed by atoms with E-state index in [4.69, 9.17) is 9.47 Å². The van der Waals surface area contributed by atoms with Gasteiger partial charge in [-0.05, 0) is 43.2 Å². The van der Waals surface area contributed by atoms with Gasteiger partial charge in [0.25, 0.3) is 11.8 Å². The highest BCUT2D eigenvalue weighted by Crippen LogP contribution is 2.39. The molecule has 7 nitrogen and oxygen atoms in total. The summed E-state index contributed by atoms with van der Waals surface area (Å²) in [5.41, 5.74) is 1.55. The molecule has 0 aliphatic carbocycles. The molecule has 0 aromatic heterocycles. The van der Waals surface area contributed by atoms with Gasteiger partial charge < -0.3 is 14.4 Å². The van der Waals surface area contributed by atoms with Crippen molar-refractivity contribution >= 4 is 17.7 Å². The summed E-state index contributed by atoms with van der Waals surface area (Å²) in [6.07, 6.45) is 1.61. The number of hydrogen-bond donors (Lipinski definition) is 0. The Morgan fingerprint density at radius 3 is 2.34 bits per heavy atom. The third kappa shape index (κ3) is 3.22. The molecule has 0 unspecified atom stereocenters. The number of nitrogens with zero attached hydrogens (tertiary/aromatic N) is 2. The number of benzene rings is 2. The van der Waals surface area contributed by atoms with Crippen LogP contribution in [0.5, 0.6) is 11.5 Å². The second-order valence-electron chi connectivity index (χ2n) is 7.10. The molecule has 2 aromatic rings. The molecule has 0 radical (unpaired) electrons. The van der Waals surface area contributed by atoms with Crippen LogP contribution in [0.1, 0.15) is 45.2 Å². The Bertz CT molecular complexity index is 952. The quantitative estimate of drug-likeness (QED) is 0.729. The minimum absolute atomic E-state index is 0.192. The number of methoxy groups -OCH3 is 2. The summed E-state index contributed by atoms with van der Waals surface area (Å²) < 4.78 is 10.8. The second kappa shape index (κ2) is 7.58. The summed E-state index contributed by atoms with van der Waals surface area (Å²) in [7, 11) is 3.18. The van der Waals surface area contributed by atoms with E-state index in [2.05, 4.69) is 0 Å². The van der Waals surface area contributed by atoms with Gasteiger partial charge in [0.15, 0.2) is 0 Å². The molecule has 29 heavy (non-hydrogen) atoms. The fourth-order valence-electron chi connectivity index (χ4n) is 4.10. The van der Waals surface area contributed by atoms with Gasteiger partial charge >= 0.3 is 0 Å². The summed E-state index contributed by atoms with van der Waals surface area (Å²) in [4.78, 5) is 41.0. The zero-order valence-corrected chi connectivity index (χ0v) is 16.4. The normalized spacial score (nSPS) is 18.2. The molecule has 7 heteroatoms. The minimum Gasteiger partial charge on any atom is -0.497 e. The van der Waals surface area contributed by atoms with E-state index >= 15 is 0 Å². The molecule has 2 aromatic carbocycles. The topological polar surface area (TPSA) is 76.2 Å². The number of ether oxygens (including phenoxy) is 2. The van der Waals surface area contributed by atoms with Gasteiger partial charge in [0, 0.05) is 12.1 Å². The van der Waals surface area contributed by atoms with E-state index < -0.39 is 11.8 Å². The van der Waals surface area contributed by atoms with Crippen molar-refractivity contribution in [1.29, 1.82) is 0 Å². The maximum atomic E-state index is 13.1. The first-order valence-electron chi connectivity index (χ1n) is 9.51. The van der Waals surface area contributed by atoms with Gasteiger partial charge in [-0.1, -0.05) is 12.1 Å². The van der Waals surface area contributed by atoms with Crippen molar-refractivity contribution in [1.82, 2.24) is 9.80 Å². The van der Waals surface area contributed by atoms with Crippen LogP contribution in [0, 0.1) is 0 Å². The van der Waals surface area contributed by atoms with Gasteiger partial charge in [-0.3, -0.25) is 19.3 Å². The third-order valence-electron chi connectivity index (χ3n) is 5.54. The Balaban J connectivity index is 1.57. The molecule has 0 saturated carbocycles. The van der Waals surface area contributed by atoms with Gasteiger partial charge in [-0.2, -0.15) is 0 Å². The lowest BCUT2D eigenvalue weighted by Crippen LogP contribution is -2.42. The number of amides is 3. The van der Waals surface area contributed by atoms with Crippen LogP contribution in [0.2, 0.25) is 0 Å². The van der Waals surface area contributed by atoms with E-state index in [-0.39, 0.29) is 18.5 Å². The van der Waals surface area contributed by atoms with E-state index in [0.717, 1.165) is 23.3 Å². The van der Waals surface area contributed by atoms with E-state index in [1.54, 1.807) is 43.4 Å². The zero-order chi connectivity index (χ0) is 20.5. The highest BCUT2D eigenvalue weighted by molar-refractivity contribution is 6.22. The fraction of sp³-hybridized carbons (Fsp3) is 0.318. The van der Waals surface area contributed by atoms with E-state index in [9.17, 15) is 14.4 Å². The maximum Gasteiger partial charge on any atom is 0.262 e. The highest BCUT2D eigenvalue weighted by Gasteiger charge is 2.39. The van der Waals surface area contributed by atoms with Crippen molar-refractivity contribution in [3.63, 3.8) is 0 Å². The van der Waals surface area contributed by atoms with Crippen molar-refractivity contribution < 1.29 is 23.9 Å². The lowest BCUT2D eigenvalue weighted by Gasteiger charge is -2.28. The molecule has 0 spiro atoms. The molecule has 1 atom stereocenters. The molecular formula is C22H22N2O5. The molecule has 0 N–H and O–H groups in total. The molecule has 0 bridgehead atoms. The largest absolute Gasteiger partial charge is 0.497 e. The molecular weight excluding hydrogens is 372 g/mol. The zero-order valence-electron chi connectivity index (χ0n) is 16.4.